The summed E-state index contributed by atoms with van der Waals surface area (Å²) in [5, 5.41) is 9.24. The van der Waals surface area contributed by atoms with Crippen LogP contribution >= 0.6 is 0 Å². The van der Waals surface area contributed by atoms with Gasteiger partial charge in [0.2, 0.25) is 0 Å². The normalized spacial score (nSPS) is 32.7. The maximum Gasteiger partial charge on any atom is 0.157 e. The number of hydrogen-bond acceptors (Lipinski definition) is 1. The zero-order valence-electron chi connectivity index (χ0n) is 16.3. The van der Waals surface area contributed by atoms with Crippen LogP contribution in [0.25, 0.3) is 0 Å². The predicted octanol–water partition coefficient (Wildman–Crippen LogP) is 6.26. The molecular weight excluding hydrogens is 306 g/mol. The molecule has 5 unspecified atom stereocenters. The molecule has 0 aromatic carbocycles. The second-order valence-corrected chi connectivity index (χ2v) is 7.75. The molecule has 0 saturated heterocycles. The number of hydrogen-bond donors (Lipinski definition) is 1. The molecule has 2 aliphatic carbocycles. The lowest BCUT2D eigenvalue weighted by Crippen LogP contribution is -2.34. The van der Waals surface area contributed by atoms with E-state index in [4.69, 9.17) is 0 Å². The molecule has 0 aliphatic heterocycles. The van der Waals surface area contributed by atoms with Gasteiger partial charge >= 0.3 is 0 Å². The number of allylic oxidation sites excluding steroid dienone is 2. The Labute approximate surface area is 147 Å². The van der Waals surface area contributed by atoms with Crippen LogP contribution in [0.3, 0.4) is 0 Å². The van der Waals surface area contributed by atoms with E-state index in [2.05, 4.69) is 13.0 Å². The average Bonchev–Trinajstić information content (AvgIpc) is 2.62. The number of aliphatic hydroxyl groups is 1. The summed E-state index contributed by atoms with van der Waals surface area (Å²) in [6, 6.07) is 0. The first-order chi connectivity index (χ1) is 11.4. The highest BCUT2D eigenvalue weighted by atomic mass is 19.2. The average molecular weight is 345 g/mol. The quantitative estimate of drug-likeness (QED) is 0.584. The number of rotatable bonds is 5. The molecule has 2 aliphatic rings. The molecule has 0 spiro atoms. The predicted molar refractivity (Wildman–Crippen MR) is 98.5 cm³/mol. The third-order valence-corrected chi connectivity index (χ3v) is 6.04. The number of halogens is 2. The molecule has 0 amide bonds. The summed E-state index contributed by atoms with van der Waals surface area (Å²) in [5.74, 6) is 2.02. The molecule has 142 valence electrons. The monoisotopic (exact) mass is 344 g/mol. The van der Waals surface area contributed by atoms with Crippen LogP contribution in [0.1, 0.15) is 79.6 Å². The van der Waals surface area contributed by atoms with Crippen molar-refractivity contribution in [2.24, 2.45) is 23.7 Å². The highest BCUT2D eigenvalue weighted by molar-refractivity contribution is 5.13. The summed E-state index contributed by atoms with van der Waals surface area (Å²) in [7, 11) is 0. The van der Waals surface area contributed by atoms with Crippen LogP contribution in [0, 0.1) is 23.7 Å². The smallest absolute Gasteiger partial charge is 0.157 e. The van der Waals surface area contributed by atoms with Crippen molar-refractivity contribution in [1.29, 1.82) is 0 Å². The van der Waals surface area contributed by atoms with E-state index in [1.165, 1.54) is 32.6 Å². The minimum Gasteiger partial charge on any atom is -0.390 e. The Morgan fingerprint density at radius 3 is 2.00 bits per heavy atom. The van der Waals surface area contributed by atoms with Crippen molar-refractivity contribution in [3.05, 3.63) is 11.6 Å². The molecule has 1 saturated carbocycles. The van der Waals surface area contributed by atoms with Crippen molar-refractivity contribution in [3.63, 3.8) is 0 Å². The molecule has 0 bridgehead atoms. The van der Waals surface area contributed by atoms with Gasteiger partial charge in [-0.05, 0) is 56.8 Å². The van der Waals surface area contributed by atoms with E-state index in [0.29, 0.717) is 0 Å². The maximum atomic E-state index is 14.1. The second-order valence-electron chi connectivity index (χ2n) is 7.75. The first kappa shape index (κ1) is 21.6. The molecule has 1 nitrogen and oxygen atoms in total. The molecule has 0 radical (unpaired) electrons. The molecule has 1 fully saturated rings. The van der Waals surface area contributed by atoms with Crippen LogP contribution in [0.4, 0.5) is 8.78 Å². The molecule has 5 atom stereocenters. The lowest BCUT2D eigenvalue weighted by Gasteiger charge is -2.36. The summed E-state index contributed by atoms with van der Waals surface area (Å²) in [5.41, 5.74) is 1.05. The van der Waals surface area contributed by atoms with Crippen LogP contribution in [-0.4, -0.2) is 23.6 Å². The van der Waals surface area contributed by atoms with Gasteiger partial charge in [-0.25, -0.2) is 8.78 Å². The van der Waals surface area contributed by atoms with E-state index in [-0.39, 0.29) is 0 Å². The number of aliphatic hydroxyl groups excluding tert-OH is 1. The van der Waals surface area contributed by atoms with Gasteiger partial charge in [0.25, 0.3) is 0 Å². The second kappa shape index (κ2) is 10.5. The summed E-state index contributed by atoms with van der Waals surface area (Å²) in [6.07, 6.45) is 5.95. The van der Waals surface area contributed by atoms with E-state index in [1.807, 2.05) is 13.8 Å². The molecular formula is C21H38F2O. The largest absolute Gasteiger partial charge is 0.390 e. The Balaban J connectivity index is 0.00000139. The van der Waals surface area contributed by atoms with Gasteiger partial charge in [-0.3, -0.25) is 0 Å². The van der Waals surface area contributed by atoms with Crippen LogP contribution in [0.5, 0.6) is 0 Å². The van der Waals surface area contributed by atoms with Gasteiger partial charge < -0.3 is 5.11 Å². The highest BCUT2D eigenvalue weighted by Gasteiger charge is 2.34. The third-order valence-electron chi connectivity index (χ3n) is 6.04. The third kappa shape index (κ3) is 5.82. The van der Waals surface area contributed by atoms with Gasteiger partial charge in [0, 0.05) is 5.92 Å². The molecule has 0 aromatic heterocycles. The maximum absolute atomic E-state index is 14.1. The van der Waals surface area contributed by atoms with Gasteiger partial charge in [-0.2, -0.15) is 0 Å². The molecule has 0 aromatic rings. The van der Waals surface area contributed by atoms with Crippen molar-refractivity contribution in [2.45, 2.75) is 98.0 Å². The Kier molecular flexibility index (Phi) is 9.48. The van der Waals surface area contributed by atoms with E-state index >= 15 is 0 Å². The number of alkyl halides is 2. The van der Waals surface area contributed by atoms with Crippen LogP contribution in [-0.2, 0) is 0 Å². The summed E-state index contributed by atoms with van der Waals surface area (Å²) in [6.45, 7) is 9.42. The Bertz CT molecular complexity index is 372. The SMILES string of the molecule is CC.CC1CCC(C2CC=C(C(C)C(F)C(F)C(C)O)CC2)CC1. The molecule has 3 heteroatoms. The highest BCUT2D eigenvalue weighted by Crippen LogP contribution is 2.41. The van der Waals surface area contributed by atoms with Crippen molar-refractivity contribution in [1.82, 2.24) is 0 Å². The minimum atomic E-state index is -1.78. The Morgan fingerprint density at radius 2 is 1.54 bits per heavy atom. The van der Waals surface area contributed by atoms with Crippen LogP contribution < -0.4 is 0 Å². The van der Waals surface area contributed by atoms with Gasteiger partial charge in [0.1, 0.15) is 6.17 Å². The zero-order valence-corrected chi connectivity index (χ0v) is 16.3. The fourth-order valence-corrected chi connectivity index (χ4v) is 4.22. The standard InChI is InChI=1S/C19H32F2O.C2H6/c1-12-4-6-16(7-5-12)17-10-8-15(9-11-17)13(2)18(20)19(21)14(3)22;1-2/h8,12-14,16-19,22H,4-7,9-11H2,1-3H3;1-2H3. The Hall–Kier alpha value is -0.440. The molecule has 24 heavy (non-hydrogen) atoms. The fraction of sp³-hybridized carbons (Fsp3) is 0.905. The molecule has 2 rings (SSSR count). The van der Waals surface area contributed by atoms with E-state index < -0.39 is 24.4 Å². The van der Waals surface area contributed by atoms with Gasteiger partial charge in [0.15, 0.2) is 6.17 Å². The van der Waals surface area contributed by atoms with Crippen molar-refractivity contribution < 1.29 is 13.9 Å². The first-order valence-corrected chi connectivity index (χ1v) is 10.0. The van der Waals surface area contributed by atoms with Crippen molar-refractivity contribution >= 4 is 0 Å². The van der Waals surface area contributed by atoms with Gasteiger partial charge in [-0.1, -0.05) is 52.2 Å². The van der Waals surface area contributed by atoms with Crippen molar-refractivity contribution in [2.75, 3.05) is 0 Å². The topological polar surface area (TPSA) is 20.2 Å². The Morgan fingerprint density at radius 1 is 0.958 bits per heavy atom. The minimum absolute atomic E-state index is 0.420. The summed E-state index contributed by atoms with van der Waals surface area (Å²) < 4.78 is 27.8. The zero-order chi connectivity index (χ0) is 18.3. The van der Waals surface area contributed by atoms with Gasteiger partial charge in [0.05, 0.1) is 6.10 Å². The molecule has 0 heterocycles. The van der Waals surface area contributed by atoms with E-state index in [9.17, 15) is 13.9 Å². The first-order valence-electron chi connectivity index (χ1n) is 10.0. The lowest BCUT2D eigenvalue weighted by atomic mass is 9.70. The summed E-state index contributed by atoms with van der Waals surface area (Å²) in [4.78, 5) is 0. The van der Waals surface area contributed by atoms with E-state index in [1.54, 1.807) is 6.92 Å². The fourth-order valence-electron chi connectivity index (χ4n) is 4.22. The molecule has 1 N–H and O–H groups in total. The van der Waals surface area contributed by atoms with Gasteiger partial charge in [-0.15, -0.1) is 0 Å². The van der Waals surface area contributed by atoms with E-state index in [0.717, 1.165) is 42.6 Å². The van der Waals surface area contributed by atoms with Crippen LogP contribution in [0.2, 0.25) is 0 Å². The summed E-state index contributed by atoms with van der Waals surface area (Å²) >= 11 is 0. The van der Waals surface area contributed by atoms with Crippen LogP contribution in [0.15, 0.2) is 11.6 Å². The lowest BCUT2D eigenvalue weighted by molar-refractivity contribution is 0.0222. The van der Waals surface area contributed by atoms with Crippen molar-refractivity contribution in [3.8, 4) is 0 Å².